The van der Waals surface area contributed by atoms with Crippen LogP contribution in [0.15, 0.2) is 18.7 Å². The maximum absolute atomic E-state index is 11.3. The Morgan fingerprint density at radius 1 is 1.61 bits per heavy atom. The van der Waals surface area contributed by atoms with Crippen molar-refractivity contribution in [3.63, 3.8) is 0 Å². The van der Waals surface area contributed by atoms with Crippen molar-refractivity contribution in [1.82, 2.24) is 0 Å². The number of amides is 1. The van der Waals surface area contributed by atoms with Crippen LogP contribution in [0.25, 0.3) is 0 Å². The molecule has 1 aromatic rings. The van der Waals surface area contributed by atoms with Gasteiger partial charge in [0.2, 0.25) is 0 Å². The lowest BCUT2D eigenvalue weighted by Crippen LogP contribution is -2.12. The number of hydrogen-bond donors (Lipinski definition) is 2. The van der Waals surface area contributed by atoms with E-state index in [0.29, 0.717) is 10.6 Å². The largest absolute Gasteiger partial charge is 0.477 e. The Labute approximate surface area is 108 Å². The summed E-state index contributed by atoms with van der Waals surface area (Å²) in [5, 5.41) is 11.8. The third kappa shape index (κ3) is 3.86. The number of nitrogens with one attached hydrogen (secondary N) is 1. The lowest BCUT2D eigenvalue weighted by Gasteiger charge is -2.01. The number of carboxylic acids is 1. The van der Waals surface area contributed by atoms with Crippen molar-refractivity contribution in [2.75, 3.05) is 19.0 Å². The van der Waals surface area contributed by atoms with E-state index in [4.69, 9.17) is 14.6 Å². The standard InChI is InChI=1S/C11H13NO5S/c1-3-4-17-11(15)12-8-5-7(6-16-2)9(18-8)10(13)14/h3,5H,1,4,6H2,2H3,(H,12,15)(H,13,14). The van der Waals surface area contributed by atoms with Crippen molar-refractivity contribution < 1.29 is 24.2 Å². The van der Waals surface area contributed by atoms with Crippen LogP contribution in [0, 0.1) is 0 Å². The molecule has 0 bridgehead atoms. The number of ether oxygens (including phenoxy) is 2. The van der Waals surface area contributed by atoms with E-state index < -0.39 is 12.1 Å². The van der Waals surface area contributed by atoms with Crippen molar-refractivity contribution >= 4 is 28.4 Å². The van der Waals surface area contributed by atoms with Crippen molar-refractivity contribution in [2.24, 2.45) is 0 Å². The molecule has 0 atom stereocenters. The van der Waals surface area contributed by atoms with Gasteiger partial charge in [0.25, 0.3) is 0 Å². The SMILES string of the molecule is C=CCOC(=O)Nc1cc(COC)c(C(=O)O)s1. The maximum atomic E-state index is 11.3. The highest BCUT2D eigenvalue weighted by molar-refractivity contribution is 7.18. The van der Waals surface area contributed by atoms with Crippen LogP contribution < -0.4 is 5.32 Å². The Bertz CT molecular complexity index is 454. The van der Waals surface area contributed by atoms with E-state index in [1.807, 2.05) is 0 Å². The van der Waals surface area contributed by atoms with Gasteiger partial charge in [0.1, 0.15) is 11.5 Å². The zero-order valence-corrected chi connectivity index (χ0v) is 10.6. The van der Waals surface area contributed by atoms with E-state index in [1.54, 1.807) is 6.07 Å². The lowest BCUT2D eigenvalue weighted by atomic mass is 10.2. The van der Waals surface area contributed by atoms with Gasteiger partial charge in [-0.1, -0.05) is 12.7 Å². The molecule has 1 aromatic heterocycles. The number of methoxy groups -OCH3 is 1. The number of anilines is 1. The highest BCUT2D eigenvalue weighted by atomic mass is 32.1. The highest BCUT2D eigenvalue weighted by Gasteiger charge is 2.16. The quantitative estimate of drug-likeness (QED) is 0.776. The van der Waals surface area contributed by atoms with Crippen LogP contribution in [-0.2, 0) is 16.1 Å². The first-order valence-electron chi connectivity index (χ1n) is 4.98. The summed E-state index contributed by atoms with van der Waals surface area (Å²) in [6.07, 6.45) is 0.782. The van der Waals surface area contributed by atoms with Crippen LogP contribution in [0.2, 0.25) is 0 Å². The van der Waals surface area contributed by atoms with Crippen LogP contribution >= 0.6 is 11.3 Å². The zero-order valence-electron chi connectivity index (χ0n) is 9.76. The average Bonchev–Trinajstić information content (AvgIpc) is 2.70. The smallest absolute Gasteiger partial charge is 0.412 e. The fourth-order valence-electron chi connectivity index (χ4n) is 1.21. The topological polar surface area (TPSA) is 84.9 Å². The molecule has 1 heterocycles. The molecule has 7 heteroatoms. The van der Waals surface area contributed by atoms with E-state index >= 15 is 0 Å². The van der Waals surface area contributed by atoms with Gasteiger partial charge in [0.05, 0.1) is 11.6 Å². The third-order valence-electron chi connectivity index (χ3n) is 1.86. The average molecular weight is 271 g/mol. The number of hydrogen-bond acceptors (Lipinski definition) is 5. The molecule has 0 aromatic carbocycles. The van der Waals surface area contributed by atoms with Gasteiger partial charge in [0.15, 0.2) is 0 Å². The third-order valence-corrected chi connectivity index (χ3v) is 2.94. The second-order valence-corrected chi connectivity index (χ2v) is 4.27. The van der Waals surface area contributed by atoms with Gasteiger partial charge >= 0.3 is 12.1 Å². The molecule has 2 N–H and O–H groups in total. The first-order chi connectivity index (χ1) is 8.58. The molecule has 0 radical (unpaired) electrons. The van der Waals surface area contributed by atoms with Crippen LogP contribution in [0.5, 0.6) is 0 Å². The normalized spacial score (nSPS) is 9.83. The highest BCUT2D eigenvalue weighted by Crippen LogP contribution is 2.27. The van der Waals surface area contributed by atoms with E-state index in [2.05, 4.69) is 11.9 Å². The maximum Gasteiger partial charge on any atom is 0.412 e. The summed E-state index contributed by atoms with van der Waals surface area (Å²) in [5.41, 5.74) is 0.508. The molecule has 0 aliphatic rings. The molecule has 1 rings (SSSR count). The summed E-state index contributed by atoms with van der Waals surface area (Å²) >= 11 is 0.952. The number of carbonyl (C=O) groups excluding carboxylic acids is 1. The van der Waals surface area contributed by atoms with Crippen molar-refractivity contribution in [2.45, 2.75) is 6.61 Å². The summed E-state index contributed by atoms with van der Waals surface area (Å²) in [6.45, 7) is 3.67. The number of carboxylic acid groups (broad SMARTS) is 1. The first-order valence-corrected chi connectivity index (χ1v) is 5.79. The Hall–Kier alpha value is -1.86. The summed E-state index contributed by atoms with van der Waals surface area (Å²) in [4.78, 5) is 22.4. The fourth-order valence-corrected chi connectivity index (χ4v) is 2.10. The molecular weight excluding hydrogens is 258 g/mol. The van der Waals surface area contributed by atoms with Gasteiger partial charge in [-0.2, -0.15) is 0 Å². The Morgan fingerprint density at radius 3 is 2.89 bits per heavy atom. The number of rotatable bonds is 6. The Morgan fingerprint density at radius 2 is 2.33 bits per heavy atom. The molecule has 0 aliphatic carbocycles. The molecular formula is C11H13NO5S. The van der Waals surface area contributed by atoms with E-state index in [1.165, 1.54) is 13.2 Å². The molecule has 0 spiro atoms. The molecule has 0 saturated carbocycles. The molecule has 0 fully saturated rings. The second-order valence-electron chi connectivity index (χ2n) is 3.22. The van der Waals surface area contributed by atoms with Crippen molar-refractivity contribution in [3.05, 3.63) is 29.2 Å². The predicted molar refractivity (Wildman–Crippen MR) is 67.2 cm³/mol. The van der Waals surface area contributed by atoms with Crippen LogP contribution in [0.3, 0.4) is 0 Å². The van der Waals surface area contributed by atoms with Crippen molar-refractivity contribution in [3.8, 4) is 0 Å². The molecule has 0 unspecified atom stereocenters. The fraction of sp³-hybridized carbons (Fsp3) is 0.273. The minimum absolute atomic E-state index is 0.0912. The van der Waals surface area contributed by atoms with Crippen LogP contribution in [0.4, 0.5) is 9.80 Å². The first kappa shape index (κ1) is 14.2. The van der Waals surface area contributed by atoms with E-state index in [0.717, 1.165) is 11.3 Å². The summed E-state index contributed by atoms with van der Waals surface area (Å²) in [7, 11) is 1.47. The van der Waals surface area contributed by atoms with Crippen LogP contribution in [0.1, 0.15) is 15.2 Å². The number of aromatic carboxylic acids is 1. The van der Waals surface area contributed by atoms with Gasteiger partial charge in [-0.15, -0.1) is 11.3 Å². The lowest BCUT2D eigenvalue weighted by molar-refractivity contribution is 0.0697. The number of thiophene rings is 1. The van der Waals surface area contributed by atoms with E-state index in [-0.39, 0.29) is 18.1 Å². The summed E-state index contributed by atoms with van der Waals surface area (Å²) < 4.78 is 9.61. The van der Waals surface area contributed by atoms with Gasteiger partial charge in [-0.25, -0.2) is 9.59 Å². The zero-order chi connectivity index (χ0) is 13.5. The molecule has 18 heavy (non-hydrogen) atoms. The second kappa shape index (κ2) is 6.77. The molecule has 98 valence electrons. The summed E-state index contributed by atoms with van der Waals surface area (Å²) in [6, 6.07) is 1.55. The molecule has 0 saturated heterocycles. The predicted octanol–water partition coefficient (Wildman–Crippen LogP) is 2.33. The van der Waals surface area contributed by atoms with Gasteiger partial charge < -0.3 is 14.6 Å². The minimum Gasteiger partial charge on any atom is -0.477 e. The molecule has 6 nitrogen and oxygen atoms in total. The Balaban J connectivity index is 2.77. The van der Waals surface area contributed by atoms with Crippen LogP contribution in [-0.4, -0.2) is 30.9 Å². The minimum atomic E-state index is -1.06. The van der Waals surface area contributed by atoms with Crippen molar-refractivity contribution in [1.29, 1.82) is 0 Å². The summed E-state index contributed by atoms with van der Waals surface area (Å²) in [5.74, 6) is -1.06. The van der Waals surface area contributed by atoms with E-state index in [9.17, 15) is 9.59 Å². The van der Waals surface area contributed by atoms with Gasteiger partial charge in [0, 0.05) is 12.7 Å². The van der Waals surface area contributed by atoms with Gasteiger partial charge in [-0.05, 0) is 6.07 Å². The molecule has 1 amide bonds. The monoisotopic (exact) mass is 271 g/mol. The Kier molecular flexibility index (Phi) is 5.34. The molecule has 0 aliphatic heterocycles. The number of carbonyl (C=O) groups is 2. The van der Waals surface area contributed by atoms with Gasteiger partial charge in [-0.3, -0.25) is 5.32 Å².